The van der Waals surface area contributed by atoms with E-state index in [0.29, 0.717) is 62.7 Å². The number of hydrogen-bond donors (Lipinski definition) is 1. The van der Waals surface area contributed by atoms with E-state index in [2.05, 4.69) is 10.4 Å². The van der Waals surface area contributed by atoms with Crippen molar-refractivity contribution in [3.8, 4) is 17.0 Å². The van der Waals surface area contributed by atoms with Gasteiger partial charge in [-0.3, -0.25) is 18.6 Å². The third-order valence-corrected chi connectivity index (χ3v) is 10.2. The summed E-state index contributed by atoms with van der Waals surface area (Å²) in [6, 6.07) is 16.4. The van der Waals surface area contributed by atoms with Gasteiger partial charge in [-0.15, -0.1) is 0 Å². The van der Waals surface area contributed by atoms with E-state index in [9.17, 15) is 18.0 Å². The number of piperazine rings is 1. The molecule has 13 heteroatoms. The number of carbonyl (C=O) groups is 1. The van der Waals surface area contributed by atoms with E-state index < -0.39 is 16.1 Å². The summed E-state index contributed by atoms with van der Waals surface area (Å²) in [7, 11) is -0.575. The minimum atomic E-state index is -3.83. The van der Waals surface area contributed by atoms with E-state index in [1.54, 1.807) is 28.2 Å². The van der Waals surface area contributed by atoms with Gasteiger partial charge < -0.3 is 15.0 Å². The summed E-state index contributed by atoms with van der Waals surface area (Å²) in [5.74, 6) is 0.427. The van der Waals surface area contributed by atoms with Crippen molar-refractivity contribution in [3.63, 3.8) is 0 Å². The average Bonchev–Trinajstić information content (AvgIpc) is 3.63. The molecule has 4 aromatic rings. The molecule has 232 valence electrons. The van der Waals surface area contributed by atoms with Gasteiger partial charge in [0.25, 0.3) is 5.91 Å². The molecule has 1 atom stereocenters. The summed E-state index contributed by atoms with van der Waals surface area (Å²) in [6.45, 7) is 2.95. The van der Waals surface area contributed by atoms with E-state index in [1.165, 1.54) is 21.4 Å². The number of rotatable bonds is 8. The first-order valence-electron chi connectivity index (χ1n) is 14.8. The monoisotopic (exact) mass is 619 g/mol. The molecule has 2 aliphatic rings. The second-order valence-corrected chi connectivity index (χ2v) is 13.1. The Morgan fingerprint density at radius 3 is 2.55 bits per heavy atom. The number of hydrogen-bond acceptors (Lipinski definition) is 7. The number of amides is 1. The Bertz CT molecular complexity index is 1810. The van der Waals surface area contributed by atoms with Crippen LogP contribution >= 0.6 is 0 Å². The first-order chi connectivity index (χ1) is 21.3. The molecular formula is C31H37N7O5S. The molecule has 2 aliphatic heterocycles. The van der Waals surface area contributed by atoms with Crippen LogP contribution in [0, 0.1) is 0 Å². The maximum atomic E-state index is 14.6. The van der Waals surface area contributed by atoms with Crippen LogP contribution in [-0.2, 0) is 23.6 Å². The number of aromatic nitrogens is 4. The van der Waals surface area contributed by atoms with E-state index in [1.807, 2.05) is 54.6 Å². The molecule has 4 heterocycles. The van der Waals surface area contributed by atoms with Gasteiger partial charge in [-0.1, -0.05) is 42.5 Å². The summed E-state index contributed by atoms with van der Waals surface area (Å²) in [4.78, 5) is 30.9. The molecule has 0 bridgehead atoms. The molecule has 6 rings (SSSR count). The molecule has 0 aliphatic carbocycles. The number of methoxy groups -OCH3 is 1. The van der Waals surface area contributed by atoms with Crippen molar-refractivity contribution in [2.45, 2.75) is 30.3 Å². The van der Waals surface area contributed by atoms with Crippen molar-refractivity contribution < 1.29 is 17.9 Å². The van der Waals surface area contributed by atoms with Crippen molar-refractivity contribution >= 4 is 15.9 Å². The number of nitrogens with one attached hydrogen (secondary N) is 1. The molecule has 0 radical (unpaired) electrons. The molecule has 1 amide bonds. The van der Waals surface area contributed by atoms with Crippen LogP contribution in [0.4, 0.5) is 0 Å². The highest BCUT2D eigenvalue weighted by atomic mass is 32.2. The fourth-order valence-corrected chi connectivity index (χ4v) is 7.64. The Labute approximate surface area is 256 Å². The summed E-state index contributed by atoms with van der Waals surface area (Å²) in [6.07, 6.45) is 3.97. The zero-order chi connectivity index (χ0) is 30.8. The second kappa shape index (κ2) is 12.4. The summed E-state index contributed by atoms with van der Waals surface area (Å²) < 4.78 is 38.7. The largest absolute Gasteiger partial charge is 0.497 e. The highest BCUT2D eigenvalue weighted by molar-refractivity contribution is 7.89. The van der Waals surface area contributed by atoms with Gasteiger partial charge in [0.05, 0.1) is 31.6 Å². The Hall–Kier alpha value is -4.20. The molecule has 2 fully saturated rings. The molecule has 0 spiro atoms. The number of piperidine rings is 1. The lowest BCUT2D eigenvalue weighted by Gasteiger charge is -2.33. The topological polar surface area (TPSA) is 124 Å². The van der Waals surface area contributed by atoms with Gasteiger partial charge in [-0.2, -0.15) is 9.40 Å². The van der Waals surface area contributed by atoms with Crippen molar-refractivity contribution in [2.75, 3.05) is 46.4 Å². The van der Waals surface area contributed by atoms with E-state index >= 15 is 0 Å². The van der Waals surface area contributed by atoms with Gasteiger partial charge in [0.2, 0.25) is 10.0 Å². The lowest BCUT2D eigenvalue weighted by Crippen LogP contribution is -2.47. The van der Waals surface area contributed by atoms with Crippen LogP contribution in [0.2, 0.25) is 0 Å². The number of sulfonamides is 1. The SMILES string of the molecule is COc1cccc(Cn2c(C(=O)N3CCNCC3)c(-c3ccccc3)n(C3CCCN(S(=O)(=O)c4cnn(C)c4)C3)c2=O)c1. The standard InChI is InChI=1S/C31H37N7O5S/c1-34-22-27(19-33-34)44(41,42)36-15-7-11-25(21-36)38-28(24-9-4-3-5-10-24)29(30(39)35-16-13-32-14-17-35)37(31(38)40)20-23-8-6-12-26(18-23)43-2/h3-6,8-10,12,18-19,22,25,32H,7,11,13-17,20-21H2,1-2H3. The Morgan fingerprint density at radius 1 is 1.07 bits per heavy atom. The van der Waals surface area contributed by atoms with Crippen LogP contribution in [0.25, 0.3) is 11.3 Å². The zero-order valence-corrected chi connectivity index (χ0v) is 25.7. The van der Waals surface area contributed by atoms with E-state index in [0.717, 1.165) is 11.1 Å². The van der Waals surface area contributed by atoms with Gasteiger partial charge in [0.1, 0.15) is 16.3 Å². The van der Waals surface area contributed by atoms with Crippen molar-refractivity contribution in [1.29, 1.82) is 0 Å². The Kier molecular flexibility index (Phi) is 8.43. The highest BCUT2D eigenvalue weighted by Gasteiger charge is 2.37. The van der Waals surface area contributed by atoms with Crippen LogP contribution in [0.1, 0.15) is 34.9 Å². The van der Waals surface area contributed by atoms with Crippen LogP contribution in [0.15, 0.2) is 76.7 Å². The second-order valence-electron chi connectivity index (χ2n) is 11.2. The number of ether oxygens (including phenoxy) is 1. The molecule has 12 nitrogen and oxygen atoms in total. The van der Waals surface area contributed by atoms with Gasteiger partial charge in [-0.25, -0.2) is 13.2 Å². The molecule has 1 unspecified atom stereocenters. The summed E-state index contributed by atoms with van der Waals surface area (Å²) in [5, 5.41) is 7.34. The van der Waals surface area contributed by atoms with Crippen LogP contribution in [-0.4, -0.2) is 88.8 Å². The lowest BCUT2D eigenvalue weighted by atomic mass is 10.0. The van der Waals surface area contributed by atoms with Crippen LogP contribution in [0.3, 0.4) is 0 Å². The van der Waals surface area contributed by atoms with Gasteiger partial charge >= 0.3 is 5.69 Å². The van der Waals surface area contributed by atoms with Crippen molar-refractivity contribution in [3.05, 3.63) is 88.7 Å². The number of benzene rings is 2. The van der Waals surface area contributed by atoms with Crippen molar-refractivity contribution in [2.24, 2.45) is 7.05 Å². The minimum Gasteiger partial charge on any atom is -0.497 e. The Balaban J connectivity index is 1.51. The molecule has 0 saturated carbocycles. The van der Waals surface area contributed by atoms with Gasteiger partial charge in [0.15, 0.2) is 0 Å². The third-order valence-electron chi connectivity index (χ3n) is 8.34. The molecule has 2 saturated heterocycles. The first-order valence-corrected chi connectivity index (χ1v) is 16.2. The smallest absolute Gasteiger partial charge is 0.329 e. The lowest BCUT2D eigenvalue weighted by molar-refractivity contribution is 0.0725. The Morgan fingerprint density at radius 2 is 1.84 bits per heavy atom. The third kappa shape index (κ3) is 5.70. The molecule has 44 heavy (non-hydrogen) atoms. The zero-order valence-electron chi connectivity index (χ0n) is 24.9. The first kappa shape index (κ1) is 29.9. The summed E-state index contributed by atoms with van der Waals surface area (Å²) >= 11 is 0. The molecule has 2 aromatic carbocycles. The van der Waals surface area contributed by atoms with Crippen LogP contribution in [0.5, 0.6) is 5.75 Å². The van der Waals surface area contributed by atoms with E-state index in [4.69, 9.17) is 4.74 Å². The average molecular weight is 620 g/mol. The quantitative estimate of drug-likeness (QED) is 0.321. The highest BCUT2D eigenvalue weighted by Crippen LogP contribution is 2.33. The minimum absolute atomic E-state index is 0.0986. The maximum absolute atomic E-state index is 14.6. The van der Waals surface area contributed by atoms with Gasteiger partial charge in [0, 0.05) is 58.1 Å². The number of carbonyl (C=O) groups excluding carboxylic acids is 1. The summed E-state index contributed by atoms with van der Waals surface area (Å²) in [5.41, 5.74) is 1.99. The van der Waals surface area contributed by atoms with Gasteiger partial charge in [-0.05, 0) is 30.5 Å². The fourth-order valence-electron chi connectivity index (χ4n) is 6.14. The molecule has 1 N–H and O–H groups in total. The number of nitrogens with zero attached hydrogens (tertiary/aromatic N) is 6. The normalized spacial score (nSPS) is 18.0. The van der Waals surface area contributed by atoms with E-state index in [-0.39, 0.29) is 29.6 Å². The molecule has 2 aromatic heterocycles. The predicted molar refractivity (Wildman–Crippen MR) is 165 cm³/mol. The predicted octanol–water partition coefficient (Wildman–Crippen LogP) is 2.18. The van der Waals surface area contributed by atoms with Crippen LogP contribution < -0.4 is 15.7 Å². The van der Waals surface area contributed by atoms with Crippen molar-refractivity contribution in [1.82, 2.24) is 33.4 Å². The maximum Gasteiger partial charge on any atom is 0.329 e. The fraction of sp³-hybridized carbons (Fsp3) is 0.387. The molecular weight excluding hydrogens is 582 g/mol. The number of aryl methyl sites for hydroxylation is 1. The number of imidazole rings is 1.